The zero-order chi connectivity index (χ0) is 45.9. The molecular formula is C48H66N12O6. The van der Waals surface area contributed by atoms with Crippen molar-refractivity contribution in [2.24, 2.45) is 10.8 Å². The molecule has 66 heavy (non-hydrogen) atoms. The van der Waals surface area contributed by atoms with Crippen molar-refractivity contribution in [1.29, 1.82) is 0 Å². The van der Waals surface area contributed by atoms with Gasteiger partial charge in [-0.05, 0) is 75.3 Å². The number of methoxy groups -OCH3 is 2. The summed E-state index contributed by atoms with van der Waals surface area (Å²) >= 11 is 0. The molecule has 6 aromatic rings. The molecule has 2 saturated carbocycles. The van der Waals surface area contributed by atoms with E-state index in [2.05, 4.69) is 74.3 Å². The Balaban J connectivity index is 0.869. The SMILES string of the molecule is COC[C@H](C)Nc1ncc2c(-c3cnn(C4COC4O[C@@H]4CC[C@@H](c5cc(-c6cnn(C7COC7)c6)c6cnc(N[C@@H](C)COC)nn56)CC4(C)C)c3)cc([C@@H]3CC[C@H](O)C(C)(C)C3)n2n1. The molecule has 0 bridgehead atoms. The van der Waals surface area contributed by atoms with E-state index in [9.17, 15) is 5.11 Å². The number of nitrogens with one attached hydrogen (secondary N) is 2. The summed E-state index contributed by atoms with van der Waals surface area (Å²) < 4.78 is 37.4. The van der Waals surface area contributed by atoms with E-state index < -0.39 is 6.29 Å². The molecule has 8 heterocycles. The second kappa shape index (κ2) is 17.9. The Bertz CT molecular complexity index is 2650. The largest absolute Gasteiger partial charge is 0.393 e. The van der Waals surface area contributed by atoms with Gasteiger partial charge in [-0.3, -0.25) is 9.36 Å². The number of rotatable bonds is 16. The van der Waals surface area contributed by atoms with Gasteiger partial charge in [0.2, 0.25) is 11.9 Å². The molecule has 0 amide bonds. The van der Waals surface area contributed by atoms with Gasteiger partial charge in [0.1, 0.15) is 6.04 Å². The topological polar surface area (TPSA) is 186 Å². The fourth-order valence-corrected chi connectivity index (χ4v) is 10.7. The minimum absolute atomic E-state index is 0.0187. The summed E-state index contributed by atoms with van der Waals surface area (Å²) in [5, 5.41) is 37.3. The van der Waals surface area contributed by atoms with E-state index >= 15 is 0 Å². The molecule has 2 aliphatic carbocycles. The minimum atomic E-state index is -0.421. The van der Waals surface area contributed by atoms with Crippen LogP contribution in [-0.4, -0.2) is 132 Å². The normalized spacial score (nSPS) is 26.3. The molecule has 0 radical (unpaired) electrons. The van der Waals surface area contributed by atoms with Gasteiger partial charge in [-0.2, -0.15) is 10.2 Å². The third-order valence-corrected chi connectivity index (χ3v) is 14.6. The third kappa shape index (κ3) is 8.60. The maximum Gasteiger partial charge on any atom is 0.241 e. The zero-order valence-corrected chi connectivity index (χ0v) is 39.6. The summed E-state index contributed by atoms with van der Waals surface area (Å²) in [7, 11) is 3.39. The Hall–Kier alpha value is -4.98. The van der Waals surface area contributed by atoms with E-state index in [4.69, 9.17) is 54.0 Å². The number of hydrogen-bond acceptors (Lipinski definition) is 14. The Morgan fingerprint density at radius 2 is 1.27 bits per heavy atom. The predicted molar refractivity (Wildman–Crippen MR) is 249 cm³/mol. The molecule has 354 valence electrons. The van der Waals surface area contributed by atoms with Crippen molar-refractivity contribution in [3.63, 3.8) is 0 Å². The van der Waals surface area contributed by atoms with Crippen molar-refractivity contribution in [3.05, 3.63) is 60.7 Å². The van der Waals surface area contributed by atoms with E-state index in [0.29, 0.717) is 44.9 Å². The van der Waals surface area contributed by atoms with E-state index in [1.165, 1.54) is 0 Å². The number of hydrogen-bond donors (Lipinski definition) is 3. The molecule has 4 aliphatic rings. The van der Waals surface area contributed by atoms with Gasteiger partial charge in [0.05, 0.1) is 87.1 Å². The van der Waals surface area contributed by atoms with Gasteiger partial charge < -0.3 is 39.4 Å². The molecule has 0 aromatic carbocycles. The lowest BCUT2D eigenvalue weighted by molar-refractivity contribution is -0.287. The van der Waals surface area contributed by atoms with Crippen LogP contribution >= 0.6 is 0 Å². The van der Waals surface area contributed by atoms with Crippen LogP contribution in [0.1, 0.15) is 115 Å². The molecule has 0 spiro atoms. The molecule has 6 aromatic heterocycles. The van der Waals surface area contributed by atoms with Gasteiger partial charge >= 0.3 is 0 Å². The third-order valence-electron chi connectivity index (χ3n) is 14.6. The number of ether oxygens (including phenoxy) is 5. The van der Waals surface area contributed by atoms with Crippen LogP contribution < -0.4 is 10.6 Å². The van der Waals surface area contributed by atoms with Gasteiger partial charge in [-0.25, -0.2) is 19.0 Å². The molecular weight excluding hydrogens is 841 g/mol. The van der Waals surface area contributed by atoms with Crippen LogP contribution in [0.5, 0.6) is 0 Å². The first kappa shape index (κ1) is 44.8. The van der Waals surface area contributed by atoms with Crippen molar-refractivity contribution in [1.82, 2.24) is 48.8 Å². The summed E-state index contributed by atoms with van der Waals surface area (Å²) in [5.41, 5.74) is 7.87. The monoisotopic (exact) mass is 907 g/mol. The Morgan fingerprint density at radius 3 is 1.77 bits per heavy atom. The van der Waals surface area contributed by atoms with Crippen molar-refractivity contribution in [3.8, 4) is 22.3 Å². The summed E-state index contributed by atoms with van der Waals surface area (Å²) in [6.45, 7) is 16.0. The van der Waals surface area contributed by atoms with Crippen LogP contribution in [0, 0.1) is 10.8 Å². The maximum absolute atomic E-state index is 10.8. The van der Waals surface area contributed by atoms with E-state index in [1.807, 2.05) is 45.6 Å². The van der Waals surface area contributed by atoms with Gasteiger partial charge in [-0.15, -0.1) is 10.2 Å². The van der Waals surface area contributed by atoms with Gasteiger partial charge in [0.25, 0.3) is 0 Å². The first-order valence-electron chi connectivity index (χ1n) is 23.7. The van der Waals surface area contributed by atoms with Crippen LogP contribution in [0.3, 0.4) is 0 Å². The fraction of sp³-hybridized carbons (Fsp3) is 0.625. The van der Waals surface area contributed by atoms with Crippen molar-refractivity contribution >= 4 is 22.9 Å². The Labute approximate surface area is 385 Å². The van der Waals surface area contributed by atoms with E-state index in [-0.39, 0.29) is 59.0 Å². The summed E-state index contributed by atoms with van der Waals surface area (Å²) in [4.78, 5) is 9.47. The summed E-state index contributed by atoms with van der Waals surface area (Å²) in [5.74, 6) is 1.57. The number of aromatic nitrogens is 10. The van der Waals surface area contributed by atoms with Crippen molar-refractivity contribution in [2.45, 2.75) is 135 Å². The lowest BCUT2D eigenvalue weighted by Gasteiger charge is -2.46. The van der Waals surface area contributed by atoms with Gasteiger partial charge in [0.15, 0.2) is 6.29 Å². The van der Waals surface area contributed by atoms with Crippen LogP contribution in [0.25, 0.3) is 33.3 Å². The van der Waals surface area contributed by atoms with Gasteiger partial charge in [0, 0.05) is 84.2 Å². The predicted octanol–water partition coefficient (Wildman–Crippen LogP) is 6.90. The molecule has 2 aliphatic heterocycles. The van der Waals surface area contributed by atoms with Gasteiger partial charge in [-0.1, -0.05) is 27.7 Å². The quantitative estimate of drug-likeness (QED) is 0.0911. The van der Waals surface area contributed by atoms with Crippen LogP contribution in [-0.2, 0) is 23.7 Å². The average molecular weight is 907 g/mol. The highest BCUT2D eigenvalue weighted by molar-refractivity contribution is 5.82. The fourth-order valence-electron chi connectivity index (χ4n) is 10.7. The van der Waals surface area contributed by atoms with Crippen LogP contribution in [0.2, 0.25) is 0 Å². The first-order valence-corrected chi connectivity index (χ1v) is 23.7. The number of anilines is 2. The van der Waals surface area contributed by atoms with Crippen LogP contribution in [0.15, 0.2) is 49.3 Å². The molecule has 4 fully saturated rings. The minimum Gasteiger partial charge on any atom is -0.393 e. The molecule has 2 unspecified atom stereocenters. The molecule has 18 nitrogen and oxygen atoms in total. The molecule has 3 N–H and O–H groups in total. The van der Waals surface area contributed by atoms with E-state index in [0.717, 1.165) is 83.2 Å². The number of aliphatic hydroxyl groups excluding tert-OH is 1. The highest BCUT2D eigenvalue weighted by atomic mass is 16.7. The number of nitrogens with zero attached hydrogens (tertiary/aromatic N) is 10. The summed E-state index contributed by atoms with van der Waals surface area (Å²) in [6.07, 6.45) is 16.3. The second-order valence-electron chi connectivity index (χ2n) is 20.7. The number of aliphatic hydroxyl groups is 1. The highest BCUT2D eigenvalue weighted by Crippen LogP contribution is 2.49. The highest BCUT2D eigenvalue weighted by Gasteiger charge is 2.45. The molecule has 8 atom stereocenters. The van der Waals surface area contributed by atoms with Crippen molar-refractivity contribution < 1.29 is 28.8 Å². The first-order chi connectivity index (χ1) is 31.8. The molecule has 18 heteroatoms. The molecule has 10 rings (SSSR count). The number of fused-ring (bicyclic) bond motifs is 2. The summed E-state index contributed by atoms with van der Waals surface area (Å²) in [6, 6.07) is 4.82. The average Bonchev–Trinajstić information content (AvgIpc) is 4.06. The maximum atomic E-state index is 10.8. The Kier molecular flexibility index (Phi) is 12.2. The molecule has 2 saturated heterocycles. The van der Waals surface area contributed by atoms with Crippen LogP contribution in [0.4, 0.5) is 11.9 Å². The lowest BCUT2D eigenvalue weighted by atomic mass is 9.69. The Morgan fingerprint density at radius 1 is 0.727 bits per heavy atom. The lowest BCUT2D eigenvalue weighted by Crippen LogP contribution is -2.49. The standard InChI is InChI=1S/C48H66N12O6/c1-28(23-62-7)53-45-50-20-40-36(14-37(59(40)55-45)30-9-11-42(61)47(3,4)15-30)33-18-52-58(22-33)41-27-65-44(41)66-43-12-10-31(16-48(43,5)6)38-13-35(32-17-51-57(21-32)34-25-64-26-34)39-19-49-46(56-60(38)39)54-29(2)24-63-8/h13-14,17-22,28-31,34,41-44,61H,9-12,15-16,23-27H2,1-8H3,(H,53,55)(H,54,56)/t28-,29-,30+,31+,41?,42-,43+,44?/m0/s1. The van der Waals surface area contributed by atoms with E-state index in [1.54, 1.807) is 14.2 Å². The second-order valence-corrected chi connectivity index (χ2v) is 20.7. The zero-order valence-electron chi connectivity index (χ0n) is 39.6. The smallest absolute Gasteiger partial charge is 0.241 e. The van der Waals surface area contributed by atoms with Crippen molar-refractivity contribution in [2.75, 3.05) is 57.9 Å².